The molecule has 1 aromatic carbocycles. The van der Waals surface area contributed by atoms with E-state index in [2.05, 4.69) is 22.3 Å². The Morgan fingerprint density at radius 2 is 2.15 bits per heavy atom. The molecule has 1 N–H and O–H groups in total. The van der Waals surface area contributed by atoms with Gasteiger partial charge in [0.2, 0.25) is 5.91 Å². The van der Waals surface area contributed by atoms with Crippen molar-refractivity contribution in [3.05, 3.63) is 60.3 Å². The van der Waals surface area contributed by atoms with Gasteiger partial charge in [0.1, 0.15) is 18.2 Å². The summed E-state index contributed by atoms with van der Waals surface area (Å²) in [7, 11) is 0. The van der Waals surface area contributed by atoms with Crippen LogP contribution in [0.4, 0.5) is 5.82 Å². The molecule has 7 nitrogen and oxygen atoms in total. The van der Waals surface area contributed by atoms with E-state index in [1.807, 2.05) is 45.9 Å². The van der Waals surface area contributed by atoms with Gasteiger partial charge in [-0.25, -0.2) is 9.67 Å². The number of hydrogen-bond donors (Lipinski definition) is 1. The lowest BCUT2D eigenvalue weighted by molar-refractivity contribution is -0.116. The van der Waals surface area contributed by atoms with Crippen LogP contribution in [-0.2, 0) is 17.9 Å². The van der Waals surface area contributed by atoms with Crippen molar-refractivity contribution in [2.45, 2.75) is 38.8 Å². The van der Waals surface area contributed by atoms with Crippen molar-refractivity contribution in [3.63, 3.8) is 0 Å². The third-order valence-electron chi connectivity index (χ3n) is 4.79. The zero-order chi connectivity index (χ0) is 18.6. The highest BCUT2D eigenvalue weighted by molar-refractivity contribution is 5.94. The molecule has 140 valence electrons. The summed E-state index contributed by atoms with van der Waals surface area (Å²) in [6.45, 7) is 4.14. The van der Waals surface area contributed by atoms with Crippen molar-refractivity contribution in [3.8, 4) is 5.75 Å². The van der Waals surface area contributed by atoms with Crippen LogP contribution in [0.5, 0.6) is 5.75 Å². The van der Waals surface area contributed by atoms with E-state index >= 15 is 0 Å². The maximum absolute atomic E-state index is 12.3. The van der Waals surface area contributed by atoms with Crippen molar-refractivity contribution in [1.29, 1.82) is 0 Å². The van der Waals surface area contributed by atoms with Crippen LogP contribution in [0.1, 0.15) is 36.8 Å². The summed E-state index contributed by atoms with van der Waals surface area (Å²) in [4.78, 5) is 16.4. The predicted molar refractivity (Wildman–Crippen MR) is 102 cm³/mol. The molecule has 0 fully saturated rings. The van der Waals surface area contributed by atoms with Crippen LogP contribution in [0.25, 0.3) is 0 Å². The number of benzene rings is 1. The average Bonchev–Trinajstić information content (AvgIpc) is 3.32. The minimum absolute atomic E-state index is 0.0126. The lowest BCUT2D eigenvalue weighted by Gasteiger charge is -2.25. The number of carbonyl (C=O) groups is 1. The Morgan fingerprint density at radius 1 is 1.26 bits per heavy atom. The van der Waals surface area contributed by atoms with Crippen LogP contribution in [0.15, 0.2) is 49.2 Å². The summed E-state index contributed by atoms with van der Waals surface area (Å²) >= 11 is 0. The molecule has 2 aromatic heterocycles. The minimum atomic E-state index is -0.0520. The number of anilines is 1. The Kier molecular flexibility index (Phi) is 4.91. The molecular weight excluding hydrogens is 342 g/mol. The summed E-state index contributed by atoms with van der Waals surface area (Å²) in [5.41, 5.74) is 2.07. The van der Waals surface area contributed by atoms with Gasteiger partial charge >= 0.3 is 0 Å². The van der Waals surface area contributed by atoms with E-state index in [0.29, 0.717) is 13.0 Å². The topological polar surface area (TPSA) is 74.0 Å². The first-order valence-corrected chi connectivity index (χ1v) is 9.29. The Labute approximate surface area is 158 Å². The number of amides is 1. The SMILES string of the molecule is CCCn1ncc2c1NC(=O)C[C@H]2c1ccccc1OCCn1ccnc1. The Balaban J connectivity index is 1.59. The first-order chi connectivity index (χ1) is 13.3. The van der Waals surface area contributed by atoms with E-state index in [4.69, 9.17) is 4.74 Å². The number of ether oxygens (including phenoxy) is 1. The number of rotatable bonds is 7. The number of aromatic nitrogens is 4. The van der Waals surface area contributed by atoms with Gasteiger partial charge in [-0.05, 0) is 12.5 Å². The highest BCUT2D eigenvalue weighted by atomic mass is 16.5. The number of nitrogens with zero attached hydrogens (tertiary/aromatic N) is 4. The Morgan fingerprint density at radius 3 is 2.96 bits per heavy atom. The van der Waals surface area contributed by atoms with Gasteiger partial charge in [0.15, 0.2) is 0 Å². The molecule has 0 spiro atoms. The largest absolute Gasteiger partial charge is 0.491 e. The number of fused-ring (bicyclic) bond motifs is 1. The van der Waals surface area contributed by atoms with Crippen LogP contribution in [0.3, 0.4) is 0 Å². The molecule has 0 saturated heterocycles. The average molecular weight is 365 g/mol. The molecule has 3 aromatic rings. The smallest absolute Gasteiger partial charge is 0.226 e. The zero-order valence-electron chi connectivity index (χ0n) is 15.3. The molecule has 1 atom stereocenters. The molecule has 1 aliphatic heterocycles. The molecule has 0 unspecified atom stereocenters. The number of imidazole rings is 1. The maximum atomic E-state index is 12.3. The molecule has 0 bridgehead atoms. The predicted octanol–water partition coefficient (Wildman–Crippen LogP) is 3.04. The van der Waals surface area contributed by atoms with E-state index in [-0.39, 0.29) is 11.8 Å². The molecule has 0 radical (unpaired) electrons. The lowest BCUT2D eigenvalue weighted by Crippen LogP contribution is -2.25. The molecule has 0 aliphatic carbocycles. The third kappa shape index (κ3) is 3.58. The lowest BCUT2D eigenvalue weighted by atomic mass is 9.87. The van der Waals surface area contributed by atoms with Crippen LogP contribution in [0, 0.1) is 0 Å². The summed E-state index contributed by atoms with van der Waals surface area (Å²) in [6, 6.07) is 7.95. The van der Waals surface area contributed by atoms with Crippen LogP contribution < -0.4 is 10.1 Å². The number of para-hydroxylation sites is 1. The number of carbonyl (C=O) groups excluding carboxylic acids is 1. The summed E-state index contributed by atoms with van der Waals surface area (Å²) in [5.74, 6) is 1.58. The zero-order valence-corrected chi connectivity index (χ0v) is 15.3. The fourth-order valence-electron chi connectivity index (χ4n) is 3.51. The second-order valence-corrected chi connectivity index (χ2v) is 6.66. The van der Waals surface area contributed by atoms with Gasteiger partial charge in [-0.1, -0.05) is 25.1 Å². The summed E-state index contributed by atoms with van der Waals surface area (Å²) in [5, 5.41) is 7.46. The van der Waals surface area contributed by atoms with Gasteiger partial charge in [0.05, 0.1) is 19.1 Å². The second kappa shape index (κ2) is 7.65. The van der Waals surface area contributed by atoms with Gasteiger partial charge in [0.25, 0.3) is 0 Å². The van der Waals surface area contributed by atoms with E-state index in [1.165, 1.54) is 0 Å². The van der Waals surface area contributed by atoms with E-state index in [0.717, 1.165) is 42.2 Å². The highest BCUT2D eigenvalue weighted by Gasteiger charge is 2.31. The number of hydrogen-bond acceptors (Lipinski definition) is 4. The minimum Gasteiger partial charge on any atom is -0.491 e. The van der Waals surface area contributed by atoms with Crippen LogP contribution in [0.2, 0.25) is 0 Å². The van der Waals surface area contributed by atoms with Crippen molar-refractivity contribution >= 4 is 11.7 Å². The van der Waals surface area contributed by atoms with Gasteiger partial charge in [-0.15, -0.1) is 0 Å². The Hall–Kier alpha value is -3.09. The quantitative estimate of drug-likeness (QED) is 0.698. The van der Waals surface area contributed by atoms with Crippen LogP contribution >= 0.6 is 0 Å². The molecule has 4 rings (SSSR count). The van der Waals surface area contributed by atoms with Crippen molar-refractivity contribution in [2.24, 2.45) is 0 Å². The third-order valence-corrected chi connectivity index (χ3v) is 4.79. The summed E-state index contributed by atoms with van der Waals surface area (Å²) in [6.07, 6.45) is 8.67. The van der Waals surface area contributed by atoms with E-state index in [1.54, 1.807) is 12.5 Å². The number of aryl methyl sites for hydroxylation is 1. The van der Waals surface area contributed by atoms with Gasteiger partial charge in [-0.3, -0.25) is 4.79 Å². The molecule has 7 heteroatoms. The molecule has 27 heavy (non-hydrogen) atoms. The van der Waals surface area contributed by atoms with Gasteiger partial charge in [0, 0.05) is 42.4 Å². The first kappa shape index (κ1) is 17.3. The monoisotopic (exact) mass is 365 g/mol. The number of nitrogens with one attached hydrogen (secondary N) is 1. The van der Waals surface area contributed by atoms with Crippen LogP contribution in [-0.4, -0.2) is 31.8 Å². The van der Waals surface area contributed by atoms with Crippen molar-refractivity contribution in [2.75, 3.05) is 11.9 Å². The van der Waals surface area contributed by atoms with Crippen molar-refractivity contribution < 1.29 is 9.53 Å². The molecule has 1 aliphatic rings. The fraction of sp³-hybridized carbons (Fsp3) is 0.350. The highest BCUT2D eigenvalue weighted by Crippen LogP contribution is 2.40. The van der Waals surface area contributed by atoms with Gasteiger partial charge in [-0.2, -0.15) is 5.10 Å². The standard InChI is InChI=1S/C20H23N5O2/c1-2-8-25-20-17(13-22-25)16(12-19(26)23-20)15-5-3-4-6-18(15)27-11-10-24-9-7-21-14-24/h3-7,9,13-14,16H,2,8,10-12H2,1H3,(H,23,26)/t16-/m0/s1. The van der Waals surface area contributed by atoms with Crippen molar-refractivity contribution in [1.82, 2.24) is 19.3 Å². The normalized spacial score (nSPS) is 16.0. The molecule has 3 heterocycles. The second-order valence-electron chi connectivity index (χ2n) is 6.66. The summed E-state index contributed by atoms with van der Waals surface area (Å²) < 4.78 is 9.91. The molecule has 0 saturated carbocycles. The maximum Gasteiger partial charge on any atom is 0.226 e. The molecular formula is C20H23N5O2. The van der Waals surface area contributed by atoms with E-state index in [9.17, 15) is 4.79 Å². The van der Waals surface area contributed by atoms with Gasteiger partial charge < -0.3 is 14.6 Å². The molecule has 1 amide bonds. The fourth-order valence-corrected chi connectivity index (χ4v) is 3.51. The van der Waals surface area contributed by atoms with E-state index < -0.39 is 0 Å². The Bertz CT molecular complexity index is 916. The first-order valence-electron chi connectivity index (χ1n) is 9.29.